The molecule has 1 aliphatic carbocycles. The Morgan fingerprint density at radius 2 is 1.90 bits per heavy atom. The Balaban J connectivity index is 1.87. The minimum absolute atomic E-state index is 0.385. The number of aryl methyl sites for hydroxylation is 2. The maximum Gasteiger partial charge on any atom is 0.158 e. The van der Waals surface area contributed by atoms with E-state index in [2.05, 4.69) is 33.9 Å². The van der Waals surface area contributed by atoms with Gasteiger partial charge in [-0.3, -0.25) is 4.68 Å². The Bertz CT molecular complexity index is 805. The zero-order chi connectivity index (χ0) is 14.6. The van der Waals surface area contributed by atoms with Crippen molar-refractivity contribution < 1.29 is 0 Å². The summed E-state index contributed by atoms with van der Waals surface area (Å²) in [5.74, 6) is 1.38. The molecule has 4 nitrogen and oxygen atoms in total. The van der Waals surface area contributed by atoms with E-state index in [0.717, 1.165) is 35.5 Å². The van der Waals surface area contributed by atoms with Gasteiger partial charge in [0.05, 0.1) is 11.6 Å². The fourth-order valence-corrected chi connectivity index (χ4v) is 3.73. The average molecular weight is 301 g/mol. The topological polar surface area (TPSA) is 35.6 Å². The van der Waals surface area contributed by atoms with Crippen LogP contribution in [-0.2, 0) is 25.8 Å². The maximum absolute atomic E-state index is 6.14. The van der Waals surface area contributed by atoms with Gasteiger partial charge in [-0.2, -0.15) is 5.10 Å². The number of benzene rings is 1. The van der Waals surface area contributed by atoms with Crippen molar-refractivity contribution in [3.8, 4) is 0 Å². The van der Waals surface area contributed by atoms with Gasteiger partial charge in [-0.05, 0) is 30.9 Å². The second-order valence-electron chi connectivity index (χ2n) is 5.74. The molecule has 1 aromatic carbocycles. The van der Waals surface area contributed by atoms with Gasteiger partial charge in [0.1, 0.15) is 11.3 Å². The Kier molecular flexibility index (Phi) is 2.82. The maximum atomic E-state index is 6.14. The first-order chi connectivity index (χ1) is 10.2. The number of hydrogen-bond acceptors (Lipinski definition) is 2. The second kappa shape index (κ2) is 4.60. The summed E-state index contributed by atoms with van der Waals surface area (Å²) < 4.78 is 4.22. The number of rotatable bonds is 2. The number of alkyl halides is 1. The summed E-state index contributed by atoms with van der Waals surface area (Å²) in [7, 11) is 1.98. The first-order valence-corrected chi connectivity index (χ1v) is 7.75. The van der Waals surface area contributed by atoms with Crippen molar-refractivity contribution in [2.24, 2.45) is 7.05 Å². The van der Waals surface area contributed by atoms with Crippen LogP contribution in [0.5, 0.6) is 0 Å². The van der Waals surface area contributed by atoms with Crippen LogP contribution in [0.1, 0.15) is 28.7 Å². The number of halogens is 1. The Morgan fingerprint density at radius 3 is 2.52 bits per heavy atom. The van der Waals surface area contributed by atoms with Crippen molar-refractivity contribution in [2.75, 3.05) is 0 Å². The summed E-state index contributed by atoms with van der Waals surface area (Å²) in [6, 6.07) is 9.05. The largest absolute Gasteiger partial charge is 0.308 e. The van der Waals surface area contributed by atoms with Crippen LogP contribution in [0.15, 0.2) is 24.3 Å². The van der Waals surface area contributed by atoms with E-state index in [1.807, 2.05) is 18.7 Å². The van der Waals surface area contributed by atoms with Crippen molar-refractivity contribution in [1.29, 1.82) is 0 Å². The van der Waals surface area contributed by atoms with Crippen LogP contribution < -0.4 is 0 Å². The van der Waals surface area contributed by atoms with E-state index >= 15 is 0 Å². The molecule has 0 saturated carbocycles. The summed E-state index contributed by atoms with van der Waals surface area (Å²) in [4.78, 5) is 4.71. The lowest BCUT2D eigenvalue weighted by molar-refractivity contribution is 0.515. The summed E-state index contributed by atoms with van der Waals surface area (Å²) in [5.41, 5.74) is 5.89. The van der Waals surface area contributed by atoms with Crippen molar-refractivity contribution in [3.05, 3.63) is 46.9 Å². The Hall–Kier alpha value is -1.81. The molecule has 0 N–H and O–H groups in total. The quantitative estimate of drug-likeness (QED) is 0.682. The molecule has 0 saturated heterocycles. The van der Waals surface area contributed by atoms with Crippen molar-refractivity contribution >= 4 is 22.8 Å². The Morgan fingerprint density at radius 1 is 1.24 bits per heavy atom. The molecule has 2 aromatic heterocycles. The van der Waals surface area contributed by atoms with Crippen LogP contribution in [-0.4, -0.2) is 19.3 Å². The zero-order valence-corrected chi connectivity index (χ0v) is 12.9. The number of fused-ring (bicyclic) bond motifs is 2. The smallest absolute Gasteiger partial charge is 0.158 e. The van der Waals surface area contributed by atoms with Crippen LogP contribution in [0, 0.1) is 6.92 Å². The van der Waals surface area contributed by atoms with Gasteiger partial charge in [-0.25, -0.2) is 4.98 Å². The summed E-state index contributed by atoms with van der Waals surface area (Å²) >= 11 is 6.14. The highest BCUT2D eigenvalue weighted by Crippen LogP contribution is 2.34. The summed E-state index contributed by atoms with van der Waals surface area (Å²) in [6.45, 7) is 2.00. The van der Waals surface area contributed by atoms with Crippen molar-refractivity contribution in [2.45, 2.75) is 31.7 Å². The standard InChI is InChI=1S/C16H17ClN4/c1-10-15-16(20(2)19-10)21(14(9-17)18-15)13-7-11-5-3-4-6-12(11)8-13/h3-6,13H,7-9H2,1-2H3. The van der Waals surface area contributed by atoms with Gasteiger partial charge >= 0.3 is 0 Å². The first-order valence-electron chi connectivity index (χ1n) is 7.22. The molecule has 5 heteroatoms. The minimum atomic E-state index is 0.385. The third-order valence-corrected chi connectivity index (χ3v) is 4.66. The summed E-state index contributed by atoms with van der Waals surface area (Å²) in [6.07, 6.45) is 2.07. The van der Waals surface area contributed by atoms with Gasteiger partial charge in [0.2, 0.25) is 0 Å². The van der Waals surface area contributed by atoms with Crippen molar-refractivity contribution in [3.63, 3.8) is 0 Å². The highest BCUT2D eigenvalue weighted by Gasteiger charge is 2.28. The molecule has 1 aliphatic rings. The predicted molar refractivity (Wildman–Crippen MR) is 83.7 cm³/mol. The Labute approximate surface area is 128 Å². The van der Waals surface area contributed by atoms with Crippen molar-refractivity contribution in [1.82, 2.24) is 19.3 Å². The van der Waals surface area contributed by atoms with Crippen LogP contribution in [0.3, 0.4) is 0 Å². The van der Waals surface area contributed by atoms with Crippen LogP contribution in [0.2, 0.25) is 0 Å². The molecule has 2 heterocycles. The fraction of sp³-hybridized carbons (Fsp3) is 0.375. The molecule has 0 fully saturated rings. The van der Waals surface area contributed by atoms with Gasteiger partial charge in [-0.1, -0.05) is 24.3 Å². The second-order valence-corrected chi connectivity index (χ2v) is 6.01. The van der Waals surface area contributed by atoms with Crippen LogP contribution in [0.4, 0.5) is 0 Å². The highest BCUT2D eigenvalue weighted by atomic mass is 35.5. The van der Waals surface area contributed by atoms with E-state index < -0.39 is 0 Å². The van der Waals surface area contributed by atoms with E-state index in [1.165, 1.54) is 11.1 Å². The molecule has 0 aliphatic heterocycles. The number of nitrogens with zero attached hydrogens (tertiary/aromatic N) is 4. The normalized spacial score (nSPS) is 15.0. The van der Waals surface area contributed by atoms with E-state index in [-0.39, 0.29) is 0 Å². The molecule has 0 bridgehead atoms. The van der Waals surface area contributed by atoms with Crippen LogP contribution in [0.25, 0.3) is 11.2 Å². The predicted octanol–water partition coefficient (Wildman–Crippen LogP) is 3.16. The zero-order valence-electron chi connectivity index (χ0n) is 12.2. The molecular weight excluding hydrogens is 284 g/mol. The lowest BCUT2D eigenvalue weighted by Crippen LogP contribution is -2.14. The lowest BCUT2D eigenvalue weighted by atomic mass is 10.1. The molecule has 3 aromatic rings. The molecular formula is C16H17ClN4. The first kappa shape index (κ1) is 12.9. The molecule has 4 rings (SSSR count). The van der Waals surface area contributed by atoms with E-state index in [4.69, 9.17) is 16.6 Å². The molecule has 0 amide bonds. The number of hydrogen-bond donors (Lipinski definition) is 0. The third-order valence-electron chi connectivity index (χ3n) is 4.42. The van der Waals surface area contributed by atoms with Gasteiger partial charge in [0.15, 0.2) is 5.65 Å². The lowest BCUT2D eigenvalue weighted by Gasteiger charge is -2.15. The molecule has 108 valence electrons. The molecule has 0 radical (unpaired) electrons. The minimum Gasteiger partial charge on any atom is -0.308 e. The number of imidazole rings is 1. The molecule has 0 atom stereocenters. The number of aromatic nitrogens is 4. The van der Waals surface area contributed by atoms with Gasteiger partial charge < -0.3 is 4.57 Å². The summed E-state index contributed by atoms with van der Waals surface area (Å²) in [5, 5.41) is 4.50. The van der Waals surface area contributed by atoms with E-state index in [0.29, 0.717) is 11.9 Å². The fourth-order valence-electron chi connectivity index (χ4n) is 3.54. The van der Waals surface area contributed by atoms with Gasteiger partial charge in [0, 0.05) is 13.1 Å². The molecule has 21 heavy (non-hydrogen) atoms. The van der Waals surface area contributed by atoms with Gasteiger partial charge in [0.25, 0.3) is 0 Å². The van der Waals surface area contributed by atoms with Crippen LogP contribution >= 0.6 is 11.6 Å². The SMILES string of the molecule is Cc1nn(C)c2c1nc(CCl)n2C1Cc2ccccc2C1. The molecule has 0 unspecified atom stereocenters. The monoisotopic (exact) mass is 300 g/mol. The third kappa shape index (κ3) is 1.82. The highest BCUT2D eigenvalue weighted by molar-refractivity contribution is 6.16. The average Bonchev–Trinajstić information content (AvgIpc) is 3.13. The molecule has 0 spiro atoms. The van der Waals surface area contributed by atoms with E-state index in [9.17, 15) is 0 Å². The van der Waals surface area contributed by atoms with E-state index in [1.54, 1.807) is 0 Å². The van der Waals surface area contributed by atoms with Gasteiger partial charge in [-0.15, -0.1) is 11.6 Å².